The number of hydrogen-bond acceptors (Lipinski definition) is 4. The SMILES string of the molecule is O=S(=O)(CCCn1cnc(-c2ccc(F)cc2)c1-c1ccncc1)c1ccccc1. The zero-order valence-corrected chi connectivity index (χ0v) is 17.0. The molecule has 0 aliphatic rings. The van der Waals surface area contributed by atoms with Gasteiger partial charge in [-0.25, -0.2) is 17.8 Å². The molecule has 0 atom stereocenters. The third-order valence-corrected chi connectivity index (χ3v) is 6.64. The summed E-state index contributed by atoms with van der Waals surface area (Å²) in [5, 5.41) is 0. The van der Waals surface area contributed by atoms with Crippen molar-refractivity contribution >= 4 is 9.84 Å². The summed E-state index contributed by atoms with van der Waals surface area (Å²) in [5.74, 6) is -0.272. The Morgan fingerprint density at radius 1 is 0.867 bits per heavy atom. The Hall–Kier alpha value is -3.32. The predicted octanol–water partition coefficient (Wildman–Crippen LogP) is 4.62. The number of halogens is 1. The molecule has 0 N–H and O–H groups in total. The van der Waals surface area contributed by atoms with E-state index in [2.05, 4.69) is 9.97 Å². The molecule has 0 aliphatic heterocycles. The van der Waals surface area contributed by atoms with Gasteiger partial charge in [0.25, 0.3) is 0 Å². The van der Waals surface area contributed by atoms with E-state index in [1.807, 2.05) is 16.7 Å². The van der Waals surface area contributed by atoms with E-state index in [0.717, 1.165) is 16.8 Å². The van der Waals surface area contributed by atoms with Crippen molar-refractivity contribution in [1.29, 1.82) is 0 Å². The Balaban J connectivity index is 1.61. The molecule has 0 spiro atoms. The Bertz CT molecular complexity index is 1220. The fourth-order valence-corrected chi connectivity index (χ4v) is 4.67. The summed E-state index contributed by atoms with van der Waals surface area (Å²) in [6, 6.07) is 18.4. The van der Waals surface area contributed by atoms with E-state index in [9.17, 15) is 12.8 Å². The number of benzene rings is 2. The Labute approximate surface area is 174 Å². The van der Waals surface area contributed by atoms with E-state index in [1.54, 1.807) is 61.2 Å². The van der Waals surface area contributed by atoms with Crippen molar-refractivity contribution in [2.75, 3.05) is 5.75 Å². The lowest BCUT2D eigenvalue weighted by molar-refractivity contribution is 0.587. The van der Waals surface area contributed by atoms with Crippen molar-refractivity contribution in [3.05, 3.63) is 91.3 Å². The monoisotopic (exact) mass is 421 g/mol. The number of sulfone groups is 1. The van der Waals surface area contributed by atoms with Crippen LogP contribution in [0, 0.1) is 5.82 Å². The Morgan fingerprint density at radius 2 is 1.57 bits per heavy atom. The number of imidazole rings is 1. The number of nitrogens with zero attached hydrogens (tertiary/aromatic N) is 3. The summed E-state index contributed by atoms with van der Waals surface area (Å²) in [7, 11) is -3.34. The lowest BCUT2D eigenvalue weighted by Gasteiger charge is -2.11. The molecule has 7 heteroatoms. The third kappa shape index (κ3) is 4.31. The number of hydrogen-bond donors (Lipinski definition) is 0. The van der Waals surface area contributed by atoms with Crippen molar-refractivity contribution in [3.8, 4) is 22.5 Å². The first-order valence-electron chi connectivity index (χ1n) is 9.54. The lowest BCUT2D eigenvalue weighted by Crippen LogP contribution is -2.10. The molecule has 2 aromatic carbocycles. The second kappa shape index (κ2) is 8.59. The van der Waals surface area contributed by atoms with E-state index in [0.29, 0.717) is 23.6 Å². The molecule has 0 aliphatic carbocycles. The molecular weight excluding hydrogens is 401 g/mol. The fraction of sp³-hybridized carbons (Fsp3) is 0.130. The van der Waals surface area contributed by atoms with E-state index >= 15 is 0 Å². The Kier molecular flexibility index (Phi) is 5.72. The van der Waals surface area contributed by atoms with Crippen LogP contribution in [-0.4, -0.2) is 28.7 Å². The highest BCUT2D eigenvalue weighted by atomic mass is 32.2. The van der Waals surface area contributed by atoms with Crippen molar-refractivity contribution < 1.29 is 12.8 Å². The maximum absolute atomic E-state index is 13.4. The van der Waals surface area contributed by atoms with Crippen LogP contribution in [0.3, 0.4) is 0 Å². The van der Waals surface area contributed by atoms with Gasteiger partial charge in [-0.2, -0.15) is 0 Å². The maximum atomic E-state index is 13.4. The summed E-state index contributed by atoms with van der Waals surface area (Å²) < 4.78 is 40.4. The van der Waals surface area contributed by atoms with Gasteiger partial charge in [0.05, 0.1) is 28.4 Å². The third-order valence-electron chi connectivity index (χ3n) is 4.82. The predicted molar refractivity (Wildman–Crippen MR) is 114 cm³/mol. The molecule has 0 radical (unpaired) electrons. The zero-order chi connectivity index (χ0) is 21.0. The molecular formula is C23H20FN3O2S. The minimum atomic E-state index is -3.34. The van der Waals surface area contributed by atoms with Crippen LogP contribution in [0.2, 0.25) is 0 Å². The number of rotatable bonds is 7. The highest BCUT2D eigenvalue weighted by Gasteiger charge is 2.17. The quantitative estimate of drug-likeness (QED) is 0.437. The largest absolute Gasteiger partial charge is 0.330 e. The first kappa shape index (κ1) is 20.0. The molecule has 0 fully saturated rings. The van der Waals surface area contributed by atoms with Crippen LogP contribution in [-0.2, 0) is 16.4 Å². The first-order valence-corrected chi connectivity index (χ1v) is 11.2. The molecule has 0 unspecified atom stereocenters. The molecule has 0 saturated carbocycles. The molecule has 0 bridgehead atoms. The molecule has 152 valence electrons. The molecule has 2 aromatic heterocycles. The molecule has 30 heavy (non-hydrogen) atoms. The van der Waals surface area contributed by atoms with Gasteiger partial charge in [-0.15, -0.1) is 0 Å². The van der Waals surface area contributed by atoms with Crippen molar-refractivity contribution in [1.82, 2.24) is 14.5 Å². The van der Waals surface area contributed by atoms with E-state index < -0.39 is 9.84 Å². The number of aromatic nitrogens is 3. The smallest absolute Gasteiger partial charge is 0.178 e. The van der Waals surface area contributed by atoms with Crippen LogP contribution in [0.5, 0.6) is 0 Å². The van der Waals surface area contributed by atoms with Gasteiger partial charge >= 0.3 is 0 Å². The van der Waals surface area contributed by atoms with Gasteiger partial charge in [0.1, 0.15) is 5.82 Å². The van der Waals surface area contributed by atoms with Gasteiger partial charge in [0, 0.05) is 30.1 Å². The van der Waals surface area contributed by atoms with E-state index in [-0.39, 0.29) is 11.6 Å². The second-order valence-corrected chi connectivity index (χ2v) is 8.97. The summed E-state index contributed by atoms with van der Waals surface area (Å²) in [4.78, 5) is 8.94. The van der Waals surface area contributed by atoms with Crippen LogP contribution in [0.25, 0.3) is 22.5 Å². The highest BCUT2D eigenvalue weighted by molar-refractivity contribution is 7.91. The average molecular weight is 421 g/mol. The molecule has 5 nitrogen and oxygen atoms in total. The van der Waals surface area contributed by atoms with Crippen LogP contribution in [0.4, 0.5) is 4.39 Å². The minimum absolute atomic E-state index is 0.0386. The Morgan fingerprint density at radius 3 is 2.27 bits per heavy atom. The van der Waals surface area contributed by atoms with E-state index in [1.165, 1.54) is 12.1 Å². The summed E-state index contributed by atoms with van der Waals surface area (Å²) in [6.07, 6.45) is 5.53. The first-order chi connectivity index (χ1) is 14.5. The summed E-state index contributed by atoms with van der Waals surface area (Å²) in [6.45, 7) is 0.484. The van der Waals surface area contributed by atoms with Gasteiger partial charge < -0.3 is 4.57 Å². The van der Waals surface area contributed by atoms with E-state index in [4.69, 9.17) is 0 Å². The average Bonchev–Trinajstić information content (AvgIpc) is 3.19. The van der Waals surface area contributed by atoms with Gasteiger partial charge in [-0.1, -0.05) is 18.2 Å². The zero-order valence-electron chi connectivity index (χ0n) is 16.1. The molecule has 0 saturated heterocycles. The van der Waals surface area contributed by atoms with Crippen molar-refractivity contribution in [2.24, 2.45) is 0 Å². The lowest BCUT2D eigenvalue weighted by atomic mass is 10.1. The van der Waals surface area contributed by atoms with Gasteiger partial charge in [-0.05, 0) is 55.0 Å². The fourth-order valence-electron chi connectivity index (χ4n) is 3.35. The summed E-state index contributed by atoms with van der Waals surface area (Å²) >= 11 is 0. The molecule has 0 amide bonds. The summed E-state index contributed by atoms with van der Waals surface area (Å²) in [5.41, 5.74) is 3.26. The van der Waals surface area contributed by atoms with Crippen LogP contribution in [0.1, 0.15) is 6.42 Å². The highest BCUT2D eigenvalue weighted by Crippen LogP contribution is 2.31. The minimum Gasteiger partial charge on any atom is -0.330 e. The van der Waals surface area contributed by atoms with Crippen LogP contribution in [0.15, 0.2) is 90.3 Å². The normalized spacial score (nSPS) is 11.5. The molecule has 2 heterocycles. The number of pyridine rings is 1. The van der Waals surface area contributed by atoms with Gasteiger partial charge in [-0.3, -0.25) is 4.98 Å². The second-order valence-electron chi connectivity index (χ2n) is 6.86. The van der Waals surface area contributed by atoms with Crippen LogP contribution >= 0.6 is 0 Å². The van der Waals surface area contributed by atoms with Gasteiger partial charge in [0.2, 0.25) is 0 Å². The maximum Gasteiger partial charge on any atom is 0.178 e. The van der Waals surface area contributed by atoms with Crippen molar-refractivity contribution in [2.45, 2.75) is 17.9 Å². The molecule has 4 rings (SSSR count). The van der Waals surface area contributed by atoms with Gasteiger partial charge in [0.15, 0.2) is 9.84 Å². The van der Waals surface area contributed by atoms with Crippen molar-refractivity contribution in [3.63, 3.8) is 0 Å². The topological polar surface area (TPSA) is 64.8 Å². The standard InChI is InChI=1S/C23H20FN3O2S/c24-20-9-7-18(8-10-20)22-23(19-11-13-25-14-12-19)27(17-26-22)15-4-16-30(28,29)21-5-2-1-3-6-21/h1-3,5-14,17H,4,15-16H2. The van der Waals surface area contributed by atoms with Crippen LogP contribution < -0.4 is 0 Å². The molecule has 4 aromatic rings. The number of aryl methyl sites for hydroxylation is 1.